The molecule has 2 amide bonds. The number of likely N-dealkylation sites (tertiary alicyclic amines) is 1. The molecule has 0 bridgehead atoms. The van der Waals surface area contributed by atoms with E-state index in [0.29, 0.717) is 0 Å². The average molecular weight is 311 g/mol. The molecule has 1 saturated carbocycles. The SMILES string of the molecule is CN1CCC(NC2CCCC(NC(=O)OC(C)(C)C)C2)C1=O. The van der Waals surface area contributed by atoms with E-state index in [1.807, 2.05) is 27.8 Å². The molecule has 2 fully saturated rings. The minimum Gasteiger partial charge on any atom is -0.444 e. The lowest BCUT2D eigenvalue weighted by atomic mass is 9.90. The lowest BCUT2D eigenvalue weighted by molar-refractivity contribution is -0.128. The number of ether oxygens (including phenoxy) is 1. The first-order valence-electron chi connectivity index (χ1n) is 8.25. The molecule has 2 rings (SSSR count). The van der Waals surface area contributed by atoms with E-state index in [9.17, 15) is 9.59 Å². The number of hydrogen-bond donors (Lipinski definition) is 2. The molecule has 0 aromatic heterocycles. The summed E-state index contributed by atoms with van der Waals surface area (Å²) in [6, 6.07) is 0.347. The van der Waals surface area contributed by atoms with Crippen LogP contribution in [0.2, 0.25) is 0 Å². The van der Waals surface area contributed by atoms with Crippen LogP contribution in [0.4, 0.5) is 4.79 Å². The van der Waals surface area contributed by atoms with Crippen molar-refractivity contribution in [3.05, 3.63) is 0 Å². The maximum absolute atomic E-state index is 12.0. The molecule has 2 N–H and O–H groups in total. The quantitative estimate of drug-likeness (QED) is 0.831. The molecule has 6 nitrogen and oxygen atoms in total. The highest BCUT2D eigenvalue weighted by Gasteiger charge is 2.33. The molecule has 1 saturated heterocycles. The molecular formula is C16H29N3O3. The third kappa shape index (κ3) is 4.87. The molecule has 126 valence electrons. The van der Waals surface area contributed by atoms with Crippen molar-refractivity contribution >= 4 is 12.0 Å². The molecule has 1 heterocycles. The predicted octanol–water partition coefficient (Wildman–Crippen LogP) is 1.64. The first-order chi connectivity index (χ1) is 10.2. The van der Waals surface area contributed by atoms with Crippen molar-refractivity contribution in [3.8, 4) is 0 Å². The normalized spacial score (nSPS) is 29.5. The van der Waals surface area contributed by atoms with Gasteiger partial charge in [0.25, 0.3) is 0 Å². The number of hydrogen-bond acceptors (Lipinski definition) is 4. The summed E-state index contributed by atoms with van der Waals surface area (Å²) in [5.41, 5.74) is -0.475. The molecule has 0 radical (unpaired) electrons. The first kappa shape index (κ1) is 17.1. The fourth-order valence-corrected chi connectivity index (χ4v) is 3.21. The summed E-state index contributed by atoms with van der Waals surface area (Å²) in [6.07, 6.45) is 4.45. The van der Waals surface area contributed by atoms with Gasteiger partial charge < -0.3 is 20.3 Å². The third-order valence-corrected chi connectivity index (χ3v) is 4.26. The number of likely N-dealkylation sites (N-methyl/N-ethyl adjacent to an activating group) is 1. The smallest absolute Gasteiger partial charge is 0.407 e. The van der Waals surface area contributed by atoms with Crippen LogP contribution in [0.5, 0.6) is 0 Å². The van der Waals surface area contributed by atoms with Crippen molar-refractivity contribution in [2.45, 2.75) is 76.6 Å². The number of amides is 2. The number of nitrogens with one attached hydrogen (secondary N) is 2. The highest BCUT2D eigenvalue weighted by atomic mass is 16.6. The van der Waals surface area contributed by atoms with Gasteiger partial charge in [-0.2, -0.15) is 0 Å². The second-order valence-corrected chi connectivity index (χ2v) is 7.47. The number of rotatable bonds is 3. The summed E-state index contributed by atoms with van der Waals surface area (Å²) >= 11 is 0. The van der Waals surface area contributed by atoms with E-state index >= 15 is 0 Å². The topological polar surface area (TPSA) is 70.7 Å². The Balaban J connectivity index is 1.79. The van der Waals surface area contributed by atoms with Gasteiger partial charge in [-0.25, -0.2) is 4.79 Å². The second kappa shape index (κ2) is 6.86. The van der Waals surface area contributed by atoms with Gasteiger partial charge in [0.2, 0.25) is 5.91 Å². The Morgan fingerprint density at radius 3 is 2.50 bits per heavy atom. The predicted molar refractivity (Wildman–Crippen MR) is 84.6 cm³/mol. The summed E-state index contributed by atoms with van der Waals surface area (Å²) in [6.45, 7) is 6.41. The highest BCUT2D eigenvalue weighted by Crippen LogP contribution is 2.21. The third-order valence-electron chi connectivity index (χ3n) is 4.26. The number of carbonyl (C=O) groups excluding carboxylic acids is 2. The monoisotopic (exact) mass is 311 g/mol. The standard InChI is InChI=1S/C16H29N3O3/c1-16(2,3)22-15(21)18-12-7-5-6-11(10-12)17-13-8-9-19(4)14(13)20/h11-13,17H,5-10H2,1-4H3,(H,18,21). The van der Waals surface area contributed by atoms with Crippen molar-refractivity contribution in [1.29, 1.82) is 0 Å². The summed E-state index contributed by atoms with van der Waals surface area (Å²) in [5.74, 6) is 0.183. The lowest BCUT2D eigenvalue weighted by Gasteiger charge is -2.32. The van der Waals surface area contributed by atoms with Crippen LogP contribution in [0.3, 0.4) is 0 Å². The number of carbonyl (C=O) groups is 2. The fourth-order valence-electron chi connectivity index (χ4n) is 3.21. The van der Waals surface area contributed by atoms with Crippen molar-refractivity contribution in [2.75, 3.05) is 13.6 Å². The molecular weight excluding hydrogens is 282 g/mol. The minimum absolute atomic E-state index is 0.0599. The highest BCUT2D eigenvalue weighted by molar-refractivity contribution is 5.83. The molecule has 0 aromatic carbocycles. The van der Waals surface area contributed by atoms with Crippen LogP contribution in [0.25, 0.3) is 0 Å². The molecule has 1 aliphatic carbocycles. The van der Waals surface area contributed by atoms with Gasteiger partial charge >= 0.3 is 6.09 Å². The van der Waals surface area contributed by atoms with Crippen molar-refractivity contribution < 1.29 is 14.3 Å². The van der Waals surface area contributed by atoms with Crippen LogP contribution in [0.1, 0.15) is 52.9 Å². The van der Waals surface area contributed by atoms with E-state index in [4.69, 9.17) is 4.74 Å². The van der Waals surface area contributed by atoms with Crippen LogP contribution in [-0.4, -0.2) is 54.2 Å². The van der Waals surface area contributed by atoms with Crippen molar-refractivity contribution in [1.82, 2.24) is 15.5 Å². The summed E-state index contributed by atoms with van der Waals surface area (Å²) in [5, 5.41) is 6.42. The van der Waals surface area contributed by atoms with E-state index in [1.165, 1.54) is 0 Å². The van der Waals surface area contributed by atoms with Gasteiger partial charge in [-0.15, -0.1) is 0 Å². The largest absolute Gasteiger partial charge is 0.444 e. The van der Waals surface area contributed by atoms with E-state index < -0.39 is 5.60 Å². The van der Waals surface area contributed by atoms with Gasteiger partial charge in [0, 0.05) is 25.7 Å². The zero-order chi connectivity index (χ0) is 16.3. The van der Waals surface area contributed by atoms with Gasteiger partial charge in [0.15, 0.2) is 0 Å². The molecule has 0 spiro atoms. The average Bonchev–Trinajstić information content (AvgIpc) is 2.69. The molecule has 0 aromatic rings. The Labute approximate surface area is 132 Å². The zero-order valence-electron chi connectivity index (χ0n) is 14.1. The van der Waals surface area contributed by atoms with E-state index in [2.05, 4.69) is 10.6 Å². The Kier molecular flexibility index (Phi) is 5.32. The molecule has 2 aliphatic rings. The van der Waals surface area contributed by atoms with E-state index in [0.717, 1.165) is 38.6 Å². The maximum atomic E-state index is 12.0. The minimum atomic E-state index is -0.475. The van der Waals surface area contributed by atoms with Crippen LogP contribution >= 0.6 is 0 Å². The van der Waals surface area contributed by atoms with Gasteiger partial charge in [0.1, 0.15) is 5.60 Å². The first-order valence-corrected chi connectivity index (χ1v) is 8.25. The van der Waals surface area contributed by atoms with Crippen molar-refractivity contribution in [2.24, 2.45) is 0 Å². The Morgan fingerprint density at radius 2 is 1.91 bits per heavy atom. The van der Waals surface area contributed by atoms with E-state index in [-0.39, 0.29) is 30.1 Å². The lowest BCUT2D eigenvalue weighted by Crippen LogP contribution is -2.49. The van der Waals surface area contributed by atoms with Gasteiger partial charge in [-0.05, 0) is 52.9 Å². The van der Waals surface area contributed by atoms with Gasteiger partial charge in [-0.1, -0.05) is 0 Å². The summed E-state index contributed by atoms with van der Waals surface area (Å²) in [4.78, 5) is 25.6. The van der Waals surface area contributed by atoms with Crippen LogP contribution in [0.15, 0.2) is 0 Å². The van der Waals surface area contributed by atoms with Gasteiger partial charge in [-0.3, -0.25) is 4.79 Å². The molecule has 22 heavy (non-hydrogen) atoms. The van der Waals surface area contributed by atoms with Crippen LogP contribution in [-0.2, 0) is 9.53 Å². The molecule has 6 heteroatoms. The fraction of sp³-hybridized carbons (Fsp3) is 0.875. The zero-order valence-corrected chi connectivity index (χ0v) is 14.1. The van der Waals surface area contributed by atoms with Crippen LogP contribution in [0, 0.1) is 0 Å². The van der Waals surface area contributed by atoms with Crippen molar-refractivity contribution in [3.63, 3.8) is 0 Å². The molecule has 1 aliphatic heterocycles. The molecule has 3 unspecified atom stereocenters. The Hall–Kier alpha value is -1.30. The van der Waals surface area contributed by atoms with Gasteiger partial charge in [0.05, 0.1) is 6.04 Å². The Bertz CT molecular complexity index is 419. The second-order valence-electron chi connectivity index (χ2n) is 7.47. The van der Waals surface area contributed by atoms with Crippen LogP contribution < -0.4 is 10.6 Å². The maximum Gasteiger partial charge on any atom is 0.407 e. The Morgan fingerprint density at radius 1 is 1.23 bits per heavy atom. The van der Waals surface area contributed by atoms with E-state index in [1.54, 1.807) is 4.90 Å². The number of alkyl carbamates (subject to hydrolysis) is 1. The molecule has 3 atom stereocenters. The number of nitrogens with zero attached hydrogens (tertiary/aromatic N) is 1. The summed E-state index contributed by atoms with van der Waals surface area (Å²) in [7, 11) is 1.84. The summed E-state index contributed by atoms with van der Waals surface area (Å²) < 4.78 is 5.31.